The molecule has 0 aliphatic carbocycles. The summed E-state index contributed by atoms with van der Waals surface area (Å²) in [4.78, 5) is 12.6. The van der Waals surface area contributed by atoms with Crippen molar-refractivity contribution in [3.63, 3.8) is 0 Å². The van der Waals surface area contributed by atoms with Crippen molar-refractivity contribution in [1.29, 1.82) is 0 Å². The number of carbonyl (C=O) groups is 1. The van der Waals surface area contributed by atoms with Crippen LogP contribution in [0.5, 0.6) is 23.0 Å². The van der Waals surface area contributed by atoms with Crippen LogP contribution < -0.4 is 25.4 Å². The van der Waals surface area contributed by atoms with E-state index in [2.05, 4.69) is 15.5 Å². The molecular weight excluding hydrogens is 454 g/mol. The minimum atomic E-state index is -0.502. The van der Waals surface area contributed by atoms with Crippen molar-refractivity contribution in [3.8, 4) is 23.0 Å². The van der Waals surface area contributed by atoms with Gasteiger partial charge in [0.25, 0.3) is 0 Å². The molecule has 0 spiro atoms. The molecular formula is C24H21N5O4S. The Morgan fingerprint density at radius 2 is 1.76 bits per heavy atom. The molecule has 172 valence electrons. The number of nitrogens with zero attached hydrogens (tertiary/aromatic N) is 3. The van der Waals surface area contributed by atoms with Gasteiger partial charge in [0.2, 0.25) is 11.1 Å². The summed E-state index contributed by atoms with van der Waals surface area (Å²) in [6, 6.07) is 24.0. The molecule has 0 saturated heterocycles. The molecule has 1 amide bonds. The number of para-hydroxylation sites is 5. The highest BCUT2D eigenvalue weighted by atomic mass is 32.2. The van der Waals surface area contributed by atoms with Gasteiger partial charge >= 0.3 is 0 Å². The lowest BCUT2D eigenvalue weighted by atomic mass is 10.2. The number of anilines is 1. The number of ether oxygens (including phenoxy) is 3. The Balaban J connectivity index is 1.21. The number of amides is 1. The van der Waals surface area contributed by atoms with Crippen LogP contribution in [0.3, 0.4) is 0 Å². The first-order valence-corrected chi connectivity index (χ1v) is 11.5. The van der Waals surface area contributed by atoms with Gasteiger partial charge in [-0.15, -0.1) is 10.2 Å². The van der Waals surface area contributed by atoms with Gasteiger partial charge in [0.05, 0.1) is 11.4 Å². The second-order valence-corrected chi connectivity index (χ2v) is 8.27. The molecule has 1 aliphatic rings. The molecule has 0 fully saturated rings. The van der Waals surface area contributed by atoms with E-state index in [-0.39, 0.29) is 18.3 Å². The number of nitrogen functional groups attached to an aromatic ring is 1. The molecule has 34 heavy (non-hydrogen) atoms. The monoisotopic (exact) mass is 475 g/mol. The minimum Gasteiger partial charge on any atom is -0.485 e. The molecule has 2 heterocycles. The highest BCUT2D eigenvalue weighted by Gasteiger charge is 2.28. The summed E-state index contributed by atoms with van der Waals surface area (Å²) in [5.41, 5.74) is 0.568. The third-order valence-electron chi connectivity index (χ3n) is 4.95. The van der Waals surface area contributed by atoms with Crippen LogP contribution in [0.2, 0.25) is 0 Å². The number of aromatic nitrogens is 3. The molecule has 1 aromatic heterocycles. The number of thioether (sulfide) groups is 1. The van der Waals surface area contributed by atoms with Crippen molar-refractivity contribution in [2.24, 2.45) is 0 Å². The Kier molecular flexibility index (Phi) is 6.21. The molecule has 4 aromatic rings. The summed E-state index contributed by atoms with van der Waals surface area (Å²) in [5.74, 6) is 8.97. The SMILES string of the molecule is Nn1c(SCC(=O)Nc2ccccc2Oc2ccccc2)nnc1[C@H]1COc2ccccc2O1. The highest BCUT2D eigenvalue weighted by Crippen LogP contribution is 2.35. The molecule has 9 nitrogen and oxygen atoms in total. The Labute approximate surface area is 199 Å². The summed E-state index contributed by atoms with van der Waals surface area (Å²) in [5, 5.41) is 11.5. The Morgan fingerprint density at radius 3 is 2.62 bits per heavy atom. The van der Waals surface area contributed by atoms with Crippen LogP contribution in [-0.2, 0) is 4.79 Å². The molecule has 0 unspecified atom stereocenters. The average Bonchev–Trinajstić information content (AvgIpc) is 3.24. The first-order chi connectivity index (χ1) is 16.7. The van der Waals surface area contributed by atoms with E-state index in [1.807, 2.05) is 66.7 Å². The van der Waals surface area contributed by atoms with Crippen molar-refractivity contribution in [1.82, 2.24) is 14.9 Å². The quantitative estimate of drug-likeness (QED) is 0.304. The zero-order valence-electron chi connectivity index (χ0n) is 18.0. The van der Waals surface area contributed by atoms with Gasteiger partial charge in [-0.3, -0.25) is 4.79 Å². The van der Waals surface area contributed by atoms with E-state index in [4.69, 9.17) is 20.1 Å². The first kappa shape index (κ1) is 21.7. The minimum absolute atomic E-state index is 0.0832. The Morgan fingerprint density at radius 1 is 1.03 bits per heavy atom. The summed E-state index contributed by atoms with van der Waals surface area (Å²) < 4.78 is 18.9. The van der Waals surface area contributed by atoms with Crippen LogP contribution >= 0.6 is 11.8 Å². The zero-order valence-corrected chi connectivity index (χ0v) is 18.8. The van der Waals surface area contributed by atoms with Crippen molar-refractivity contribution in [2.45, 2.75) is 11.3 Å². The lowest BCUT2D eigenvalue weighted by molar-refractivity contribution is -0.113. The predicted octanol–water partition coefficient (Wildman–Crippen LogP) is 4.03. The predicted molar refractivity (Wildman–Crippen MR) is 128 cm³/mol. The molecule has 1 atom stereocenters. The number of nitrogens with one attached hydrogen (secondary N) is 1. The summed E-state index contributed by atoms with van der Waals surface area (Å²) in [7, 11) is 0. The number of nitrogens with two attached hydrogens (primary N) is 1. The number of hydrogen-bond donors (Lipinski definition) is 2. The smallest absolute Gasteiger partial charge is 0.234 e. The average molecular weight is 476 g/mol. The van der Waals surface area contributed by atoms with Crippen molar-refractivity contribution in [3.05, 3.63) is 84.7 Å². The number of fused-ring (bicyclic) bond motifs is 1. The van der Waals surface area contributed by atoms with E-state index in [9.17, 15) is 4.79 Å². The molecule has 0 radical (unpaired) electrons. The van der Waals surface area contributed by atoms with Crippen LogP contribution in [0, 0.1) is 0 Å². The van der Waals surface area contributed by atoms with Crippen LogP contribution in [0.25, 0.3) is 0 Å². The number of hydrogen-bond acceptors (Lipinski definition) is 8. The highest BCUT2D eigenvalue weighted by molar-refractivity contribution is 7.99. The van der Waals surface area contributed by atoms with Crippen LogP contribution in [0.4, 0.5) is 5.69 Å². The fraction of sp³-hybridized carbons (Fsp3) is 0.125. The normalized spacial score (nSPS) is 14.4. The number of rotatable bonds is 7. The van der Waals surface area contributed by atoms with Crippen molar-refractivity contribution in [2.75, 3.05) is 23.5 Å². The zero-order chi connectivity index (χ0) is 23.3. The second kappa shape index (κ2) is 9.75. The Bertz CT molecular complexity index is 1300. The van der Waals surface area contributed by atoms with Gasteiger partial charge in [-0.05, 0) is 36.4 Å². The van der Waals surface area contributed by atoms with E-state index in [0.29, 0.717) is 39.7 Å². The van der Waals surface area contributed by atoms with Gasteiger partial charge in [-0.2, -0.15) is 0 Å². The van der Waals surface area contributed by atoms with Gasteiger partial charge in [0.1, 0.15) is 12.4 Å². The summed E-state index contributed by atoms with van der Waals surface area (Å²) in [6.45, 7) is 0.260. The van der Waals surface area contributed by atoms with Gasteiger partial charge in [-0.1, -0.05) is 54.2 Å². The second-order valence-electron chi connectivity index (χ2n) is 7.32. The molecule has 1 aliphatic heterocycles. The Hall–Kier alpha value is -4.18. The standard InChI is InChI=1S/C24H21N5O4S/c25-29-23(21-14-31-19-12-6-7-13-20(19)33-21)27-28-24(29)34-15-22(30)26-17-10-4-5-11-18(17)32-16-8-2-1-3-9-16/h1-13,21H,14-15,25H2,(H,26,30)/t21-/m1/s1. The van der Waals surface area contributed by atoms with E-state index >= 15 is 0 Å². The molecule has 3 aromatic carbocycles. The van der Waals surface area contributed by atoms with Gasteiger partial charge < -0.3 is 25.4 Å². The third-order valence-corrected chi connectivity index (χ3v) is 5.90. The fourth-order valence-corrected chi connectivity index (χ4v) is 4.01. The van der Waals surface area contributed by atoms with Gasteiger partial charge in [0.15, 0.2) is 29.2 Å². The van der Waals surface area contributed by atoms with Crippen LogP contribution in [0.1, 0.15) is 11.9 Å². The van der Waals surface area contributed by atoms with Crippen molar-refractivity contribution >= 4 is 23.4 Å². The summed E-state index contributed by atoms with van der Waals surface area (Å²) in [6.07, 6.45) is -0.502. The van der Waals surface area contributed by atoms with Gasteiger partial charge in [-0.25, -0.2) is 4.68 Å². The topological polar surface area (TPSA) is 114 Å². The van der Waals surface area contributed by atoms with Gasteiger partial charge in [0, 0.05) is 0 Å². The van der Waals surface area contributed by atoms with E-state index in [0.717, 1.165) is 0 Å². The van der Waals surface area contributed by atoms with E-state index in [1.54, 1.807) is 12.1 Å². The van der Waals surface area contributed by atoms with E-state index in [1.165, 1.54) is 16.4 Å². The third kappa shape index (κ3) is 4.76. The maximum Gasteiger partial charge on any atom is 0.234 e. The molecule has 5 rings (SSSR count). The number of carbonyl (C=O) groups excluding carboxylic acids is 1. The lowest BCUT2D eigenvalue weighted by Gasteiger charge is -2.25. The summed E-state index contributed by atoms with van der Waals surface area (Å²) >= 11 is 1.17. The maximum absolute atomic E-state index is 12.6. The molecule has 0 saturated carbocycles. The molecule has 3 N–H and O–H groups in total. The lowest BCUT2D eigenvalue weighted by Crippen LogP contribution is -2.27. The fourth-order valence-electron chi connectivity index (χ4n) is 3.34. The maximum atomic E-state index is 12.6. The largest absolute Gasteiger partial charge is 0.485 e. The van der Waals surface area contributed by atoms with E-state index < -0.39 is 6.10 Å². The van der Waals surface area contributed by atoms with Crippen LogP contribution in [0.15, 0.2) is 84.0 Å². The molecule has 10 heteroatoms. The van der Waals surface area contributed by atoms with Crippen LogP contribution in [-0.4, -0.2) is 33.1 Å². The number of benzene rings is 3. The first-order valence-electron chi connectivity index (χ1n) is 10.5. The molecule has 0 bridgehead atoms. The van der Waals surface area contributed by atoms with Crippen molar-refractivity contribution < 1.29 is 19.0 Å².